The van der Waals surface area contributed by atoms with Crippen LogP contribution in [0.4, 0.5) is 11.4 Å². The molecule has 0 unspecified atom stereocenters. The molecule has 2 heterocycles. The van der Waals surface area contributed by atoms with Gasteiger partial charge in [-0.1, -0.05) is 30.3 Å². The summed E-state index contributed by atoms with van der Waals surface area (Å²) in [7, 11) is 1.52. The minimum absolute atomic E-state index is 0.0841. The molecule has 0 N–H and O–H groups in total. The molecule has 2 amide bonds. The SMILES string of the molecule is COc1cccc(N2C(=O)C(c3ccc([N+](=O)[O-])cc3)=C(N3CCc4ccccc4C3)C2=O)c1. The highest BCUT2D eigenvalue weighted by atomic mass is 16.6. The summed E-state index contributed by atoms with van der Waals surface area (Å²) in [4.78, 5) is 41.1. The second kappa shape index (κ2) is 8.47. The number of non-ortho nitro benzene ring substituents is 1. The molecule has 0 radical (unpaired) electrons. The zero-order valence-electron chi connectivity index (χ0n) is 18.4. The number of fused-ring (bicyclic) bond motifs is 1. The number of ether oxygens (including phenoxy) is 1. The Hall–Kier alpha value is -4.46. The first-order chi connectivity index (χ1) is 16.5. The summed E-state index contributed by atoms with van der Waals surface area (Å²) in [6.45, 7) is 1.07. The van der Waals surface area contributed by atoms with Gasteiger partial charge in [-0.25, -0.2) is 4.90 Å². The standard InChI is InChI=1S/C26H21N3O5/c1-34-22-8-4-7-21(15-22)28-25(30)23(18-9-11-20(12-10-18)29(32)33)24(26(28)31)27-14-13-17-5-2-3-6-19(17)16-27/h2-12,15H,13-14,16H2,1H3. The van der Waals surface area contributed by atoms with Crippen molar-refractivity contribution in [2.24, 2.45) is 0 Å². The van der Waals surface area contributed by atoms with Crippen molar-refractivity contribution in [3.63, 3.8) is 0 Å². The van der Waals surface area contributed by atoms with Crippen LogP contribution in [-0.4, -0.2) is 35.3 Å². The number of rotatable bonds is 5. The van der Waals surface area contributed by atoms with E-state index in [-0.39, 0.29) is 11.3 Å². The summed E-state index contributed by atoms with van der Waals surface area (Å²) in [6.07, 6.45) is 0.744. The van der Waals surface area contributed by atoms with E-state index in [1.165, 1.54) is 36.9 Å². The molecule has 8 heteroatoms. The average molecular weight is 455 g/mol. The number of nitro groups is 1. The lowest BCUT2D eigenvalue weighted by Gasteiger charge is -2.31. The largest absolute Gasteiger partial charge is 0.497 e. The van der Waals surface area contributed by atoms with E-state index in [4.69, 9.17) is 4.74 Å². The van der Waals surface area contributed by atoms with Gasteiger partial charge < -0.3 is 9.64 Å². The quantitative estimate of drug-likeness (QED) is 0.329. The van der Waals surface area contributed by atoms with E-state index in [9.17, 15) is 19.7 Å². The van der Waals surface area contributed by atoms with Crippen LogP contribution in [0.5, 0.6) is 5.75 Å². The molecular weight excluding hydrogens is 434 g/mol. The van der Waals surface area contributed by atoms with E-state index in [0.29, 0.717) is 35.8 Å². The maximum Gasteiger partial charge on any atom is 0.282 e. The first-order valence-electron chi connectivity index (χ1n) is 10.8. The van der Waals surface area contributed by atoms with Crippen LogP contribution >= 0.6 is 0 Å². The number of nitro benzene ring substituents is 1. The Labute approximate surface area is 195 Å². The Kier molecular flexibility index (Phi) is 5.33. The molecule has 0 saturated heterocycles. The molecule has 34 heavy (non-hydrogen) atoms. The third kappa shape index (κ3) is 3.59. The lowest BCUT2D eigenvalue weighted by molar-refractivity contribution is -0.384. The number of nitrogens with zero attached hydrogens (tertiary/aromatic N) is 3. The molecule has 5 rings (SSSR count). The third-order valence-electron chi connectivity index (χ3n) is 6.18. The first kappa shape index (κ1) is 21.4. The Morgan fingerprint density at radius 1 is 0.912 bits per heavy atom. The van der Waals surface area contributed by atoms with Crippen molar-refractivity contribution in [1.29, 1.82) is 0 Å². The number of hydrogen-bond acceptors (Lipinski definition) is 6. The monoisotopic (exact) mass is 455 g/mol. The van der Waals surface area contributed by atoms with E-state index in [1.54, 1.807) is 24.3 Å². The maximum absolute atomic E-state index is 13.7. The second-order valence-corrected chi connectivity index (χ2v) is 8.12. The fourth-order valence-corrected chi connectivity index (χ4v) is 4.49. The fourth-order valence-electron chi connectivity index (χ4n) is 4.49. The topological polar surface area (TPSA) is 93.0 Å². The molecule has 0 aliphatic carbocycles. The number of hydrogen-bond donors (Lipinski definition) is 0. The summed E-state index contributed by atoms with van der Waals surface area (Å²) >= 11 is 0. The van der Waals surface area contributed by atoms with Crippen molar-refractivity contribution in [1.82, 2.24) is 4.90 Å². The Bertz CT molecular complexity index is 1350. The fraction of sp³-hybridized carbons (Fsp3) is 0.154. The smallest absolute Gasteiger partial charge is 0.282 e. The zero-order valence-corrected chi connectivity index (χ0v) is 18.4. The van der Waals surface area contributed by atoms with Crippen molar-refractivity contribution in [2.45, 2.75) is 13.0 Å². The molecule has 0 aromatic heterocycles. The van der Waals surface area contributed by atoms with Crippen LogP contribution in [0, 0.1) is 10.1 Å². The van der Waals surface area contributed by atoms with Crippen LogP contribution in [0.3, 0.4) is 0 Å². The molecule has 8 nitrogen and oxygen atoms in total. The van der Waals surface area contributed by atoms with Crippen LogP contribution in [0.2, 0.25) is 0 Å². The van der Waals surface area contributed by atoms with Crippen molar-refractivity contribution >= 4 is 28.8 Å². The van der Waals surface area contributed by atoms with E-state index >= 15 is 0 Å². The zero-order chi connectivity index (χ0) is 23.8. The number of carbonyl (C=O) groups is 2. The van der Waals surface area contributed by atoms with Gasteiger partial charge in [0.1, 0.15) is 11.4 Å². The minimum Gasteiger partial charge on any atom is -0.497 e. The van der Waals surface area contributed by atoms with Crippen LogP contribution in [0.15, 0.2) is 78.5 Å². The van der Waals surface area contributed by atoms with E-state index in [0.717, 1.165) is 16.9 Å². The first-order valence-corrected chi connectivity index (χ1v) is 10.8. The molecule has 170 valence electrons. The maximum atomic E-state index is 13.7. The molecule has 3 aromatic rings. The highest BCUT2D eigenvalue weighted by Crippen LogP contribution is 2.37. The molecule has 0 spiro atoms. The Morgan fingerprint density at radius 2 is 1.65 bits per heavy atom. The van der Waals surface area contributed by atoms with Gasteiger partial charge in [0, 0.05) is 31.3 Å². The van der Waals surface area contributed by atoms with Gasteiger partial charge >= 0.3 is 0 Å². The van der Waals surface area contributed by atoms with Crippen molar-refractivity contribution < 1.29 is 19.2 Å². The molecule has 2 aliphatic rings. The third-order valence-corrected chi connectivity index (χ3v) is 6.18. The van der Waals surface area contributed by atoms with Gasteiger partial charge in [-0.15, -0.1) is 0 Å². The summed E-state index contributed by atoms with van der Waals surface area (Å²) in [5, 5.41) is 11.1. The molecule has 3 aromatic carbocycles. The van der Waals surface area contributed by atoms with E-state index < -0.39 is 16.7 Å². The summed E-state index contributed by atoms with van der Waals surface area (Å²) in [5.74, 6) is -0.373. The highest BCUT2D eigenvalue weighted by molar-refractivity contribution is 6.45. The lowest BCUT2D eigenvalue weighted by Crippen LogP contribution is -2.37. The average Bonchev–Trinajstić information content (AvgIpc) is 3.13. The summed E-state index contributed by atoms with van der Waals surface area (Å²) < 4.78 is 5.28. The molecule has 0 saturated carbocycles. The highest BCUT2D eigenvalue weighted by Gasteiger charge is 2.43. The van der Waals surface area contributed by atoms with Gasteiger partial charge in [-0.05, 0) is 47.4 Å². The van der Waals surface area contributed by atoms with Gasteiger partial charge in [0.15, 0.2) is 0 Å². The van der Waals surface area contributed by atoms with Gasteiger partial charge in [0.05, 0.1) is 23.3 Å². The van der Waals surface area contributed by atoms with Gasteiger partial charge in [0.2, 0.25) is 0 Å². The summed E-state index contributed by atoms with van der Waals surface area (Å²) in [5.41, 5.74) is 3.64. The molecule has 0 bridgehead atoms. The van der Waals surface area contributed by atoms with E-state index in [1.807, 2.05) is 23.1 Å². The molecular formula is C26H21N3O5. The lowest BCUT2D eigenvalue weighted by atomic mass is 9.98. The number of amides is 2. The number of carbonyl (C=O) groups excluding carboxylic acids is 2. The number of anilines is 1. The van der Waals surface area contributed by atoms with Crippen molar-refractivity contribution in [3.05, 3.63) is 105 Å². The van der Waals surface area contributed by atoms with Crippen LogP contribution in [0.25, 0.3) is 5.57 Å². The predicted molar refractivity (Wildman–Crippen MR) is 126 cm³/mol. The van der Waals surface area contributed by atoms with Crippen LogP contribution in [-0.2, 0) is 22.6 Å². The van der Waals surface area contributed by atoms with Crippen molar-refractivity contribution in [2.75, 3.05) is 18.6 Å². The Morgan fingerprint density at radius 3 is 2.35 bits per heavy atom. The molecule has 0 atom stereocenters. The van der Waals surface area contributed by atoms with Gasteiger partial charge in [-0.2, -0.15) is 0 Å². The minimum atomic E-state index is -0.495. The van der Waals surface area contributed by atoms with Gasteiger partial charge in [-0.3, -0.25) is 19.7 Å². The van der Waals surface area contributed by atoms with Crippen LogP contribution in [0.1, 0.15) is 16.7 Å². The summed E-state index contributed by atoms with van der Waals surface area (Å²) in [6, 6.07) is 20.5. The van der Waals surface area contributed by atoms with Crippen molar-refractivity contribution in [3.8, 4) is 5.75 Å². The number of imide groups is 1. The van der Waals surface area contributed by atoms with Gasteiger partial charge in [0.25, 0.3) is 17.5 Å². The molecule has 0 fully saturated rings. The molecule has 2 aliphatic heterocycles. The predicted octanol–water partition coefficient (Wildman–Crippen LogP) is 3.95. The number of methoxy groups -OCH3 is 1. The number of benzene rings is 3. The Balaban J connectivity index is 1.61. The van der Waals surface area contributed by atoms with Crippen LogP contribution < -0.4 is 9.64 Å². The van der Waals surface area contributed by atoms with E-state index in [2.05, 4.69) is 6.07 Å². The normalized spacial score (nSPS) is 15.6. The second-order valence-electron chi connectivity index (χ2n) is 8.12.